The number of rotatable bonds is 2. The SMILES string of the molecule is COC(=O)c1c(C(F)(F)F)ccc(C2CCNC2)c1F. The van der Waals surface area contributed by atoms with E-state index >= 15 is 0 Å². The Morgan fingerprint density at radius 1 is 1.40 bits per heavy atom. The van der Waals surface area contributed by atoms with Crippen LogP contribution >= 0.6 is 0 Å². The fraction of sp³-hybridized carbons (Fsp3) is 0.462. The number of carbonyl (C=O) groups excluding carboxylic acids is 1. The molecule has 1 fully saturated rings. The molecule has 0 radical (unpaired) electrons. The van der Waals surface area contributed by atoms with Crippen molar-refractivity contribution in [3.05, 3.63) is 34.6 Å². The summed E-state index contributed by atoms with van der Waals surface area (Å²) in [4.78, 5) is 11.5. The Hall–Kier alpha value is -1.63. The lowest BCUT2D eigenvalue weighted by Gasteiger charge is -2.17. The fourth-order valence-corrected chi connectivity index (χ4v) is 2.37. The van der Waals surface area contributed by atoms with Crippen LogP contribution in [0.25, 0.3) is 0 Å². The zero-order valence-corrected chi connectivity index (χ0v) is 10.7. The van der Waals surface area contributed by atoms with Crippen LogP contribution in [0.1, 0.15) is 33.8 Å². The van der Waals surface area contributed by atoms with Crippen molar-refractivity contribution in [3.63, 3.8) is 0 Å². The normalized spacial score (nSPS) is 19.1. The molecular formula is C13H13F4NO2. The third kappa shape index (κ3) is 2.63. The van der Waals surface area contributed by atoms with E-state index in [1.165, 1.54) is 0 Å². The van der Waals surface area contributed by atoms with Crippen LogP contribution in [0.3, 0.4) is 0 Å². The van der Waals surface area contributed by atoms with E-state index in [2.05, 4.69) is 10.1 Å². The fourth-order valence-electron chi connectivity index (χ4n) is 2.37. The second kappa shape index (κ2) is 5.40. The molecule has 20 heavy (non-hydrogen) atoms. The smallest absolute Gasteiger partial charge is 0.417 e. The van der Waals surface area contributed by atoms with Gasteiger partial charge in [0, 0.05) is 12.5 Å². The van der Waals surface area contributed by atoms with Gasteiger partial charge >= 0.3 is 12.1 Å². The number of benzene rings is 1. The highest BCUT2D eigenvalue weighted by molar-refractivity contribution is 5.92. The van der Waals surface area contributed by atoms with Crippen molar-refractivity contribution in [1.29, 1.82) is 0 Å². The second-order valence-electron chi connectivity index (χ2n) is 4.57. The Labute approximate surface area is 112 Å². The molecule has 1 heterocycles. The number of halogens is 4. The molecule has 0 aliphatic carbocycles. The van der Waals surface area contributed by atoms with E-state index in [1.807, 2.05) is 0 Å². The summed E-state index contributed by atoms with van der Waals surface area (Å²) in [7, 11) is 0.922. The van der Waals surface area contributed by atoms with Crippen LogP contribution in [-0.2, 0) is 10.9 Å². The monoisotopic (exact) mass is 291 g/mol. The van der Waals surface area contributed by atoms with E-state index in [9.17, 15) is 22.4 Å². The van der Waals surface area contributed by atoms with Gasteiger partial charge in [-0.05, 0) is 24.6 Å². The minimum atomic E-state index is -4.81. The average molecular weight is 291 g/mol. The molecule has 1 aliphatic rings. The lowest BCUT2D eigenvalue weighted by molar-refractivity contribution is -0.138. The first-order valence-corrected chi connectivity index (χ1v) is 6.05. The number of nitrogens with one attached hydrogen (secondary N) is 1. The first kappa shape index (κ1) is 14.8. The van der Waals surface area contributed by atoms with Gasteiger partial charge in [-0.3, -0.25) is 0 Å². The van der Waals surface area contributed by atoms with Gasteiger partial charge in [0.1, 0.15) is 11.4 Å². The maximum atomic E-state index is 14.3. The van der Waals surface area contributed by atoms with Crippen LogP contribution in [0, 0.1) is 5.82 Å². The number of esters is 1. The lowest BCUT2D eigenvalue weighted by Crippen LogP contribution is -2.19. The molecule has 1 atom stereocenters. The predicted molar refractivity (Wildman–Crippen MR) is 63.0 cm³/mol. The number of hydrogen-bond donors (Lipinski definition) is 1. The minimum Gasteiger partial charge on any atom is -0.465 e. The number of alkyl halides is 3. The number of ether oxygens (including phenoxy) is 1. The van der Waals surface area contributed by atoms with E-state index in [0.29, 0.717) is 19.5 Å². The quantitative estimate of drug-likeness (QED) is 0.672. The number of carbonyl (C=O) groups is 1. The van der Waals surface area contributed by atoms with E-state index in [4.69, 9.17) is 0 Å². The zero-order valence-electron chi connectivity index (χ0n) is 10.7. The topological polar surface area (TPSA) is 38.3 Å². The molecule has 1 aliphatic heterocycles. The third-order valence-corrected chi connectivity index (χ3v) is 3.37. The van der Waals surface area contributed by atoms with Crippen molar-refractivity contribution >= 4 is 5.97 Å². The van der Waals surface area contributed by atoms with E-state index in [1.54, 1.807) is 0 Å². The van der Waals surface area contributed by atoms with Crippen LogP contribution < -0.4 is 5.32 Å². The molecule has 1 unspecified atom stereocenters. The van der Waals surface area contributed by atoms with E-state index < -0.39 is 29.1 Å². The van der Waals surface area contributed by atoms with Gasteiger partial charge in [0.15, 0.2) is 0 Å². The van der Waals surface area contributed by atoms with Crippen molar-refractivity contribution in [2.75, 3.05) is 20.2 Å². The van der Waals surface area contributed by atoms with Gasteiger partial charge < -0.3 is 10.1 Å². The molecule has 0 spiro atoms. The number of methoxy groups -OCH3 is 1. The van der Waals surface area contributed by atoms with E-state index in [-0.39, 0.29) is 11.5 Å². The van der Waals surface area contributed by atoms with Gasteiger partial charge in [-0.1, -0.05) is 6.07 Å². The van der Waals surface area contributed by atoms with Crippen molar-refractivity contribution < 1.29 is 27.1 Å². The van der Waals surface area contributed by atoms with Crippen molar-refractivity contribution in [2.24, 2.45) is 0 Å². The third-order valence-electron chi connectivity index (χ3n) is 3.37. The Morgan fingerprint density at radius 3 is 2.60 bits per heavy atom. The van der Waals surface area contributed by atoms with Crippen molar-refractivity contribution in [1.82, 2.24) is 5.32 Å². The summed E-state index contributed by atoms with van der Waals surface area (Å²) < 4.78 is 57.1. The molecule has 1 aromatic rings. The van der Waals surface area contributed by atoms with Crippen LogP contribution in [0.15, 0.2) is 12.1 Å². The van der Waals surface area contributed by atoms with Gasteiger partial charge in [0.05, 0.1) is 12.7 Å². The maximum Gasteiger partial charge on any atom is 0.417 e. The molecular weight excluding hydrogens is 278 g/mol. The molecule has 1 N–H and O–H groups in total. The Balaban J connectivity index is 2.57. The summed E-state index contributed by atoms with van der Waals surface area (Å²) in [6.07, 6.45) is -4.19. The van der Waals surface area contributed by atoms with Gasteiger partial charge in [0.2, 0.25) is 0 Å². The van der Waals surface area contributed by atoms with Gasteiger partial charge in [-0.15, -0.1) is 0 Å². The Kier molecular flexibility index (Phi) is 3.99. The van der Waals surface area contributed by atoms with Crippen LogP contribution in [0.4, 0.5) is 17.6 Å². The molecule has 0 amide bonds. The minimum absolute atomic E-state index is 0.114. The molecule has 7 heteroatoms. The summed E-state index contributed by atoms with van der Waals surface area (Å²) in [5, 5.41) is 3.00. The van der Waals surface area contributed by atoms with Crippen molar-refractivity contribution in [2.45, 2.75) is 18.5 Å². The van der Waals surface area contributed by atoms with Gasteiger partial charge in [0.25, 0.3) is 0 Å². The van der Waals surface area contributed by atoms with Crippen LogP contribution in [0.2, 0.25) is 0 Å². The zero-order chi connectivity index (χ0) is 14.9. The first-order chi connectivity index (χ1) is 9.36. The first-order valence-electron chi connectivity index (χ1n) is 6.05. The molecule has 110 valence electrons. The molecule has 0 bridgehead atoms. The lowest BCUT2D eigenvalue weighted by atomic mass is 9.93. The summed E-state index contributed by atoms with van der Waals surface area (Å²) in [6, 6.07) is 1.84. The summed E-state index contributed by atoms with van der Waals surface area (Å²) in [5.74, 6) is -2.69. The van der Waals surface area contributed by atoms with Gasteiger partial charge in [-0.2, -0.15) is 13.2 Å². The maximum absolute atomic E-state index is 14.3. The highest BCUT2D eigenvalue weighted by atomic mass is 19.4. The highest BCUT2D eigenvalue weighted by Gasteiger charge is 2.39. The highest BCUT2D eigenvalue weighted by Crippen LogP contribution is 2.36. The predicted octanol–water partition coefficient (Wildman–Crippen LogP) is 2.71. The molecule has 3 nitrogen and oxygen atoms in total. The summed E-state index contributed by atoms with van der Waals surface area (Å²) in [6.45, 7) is 1.14. The number of hydrogen-bond acceptors (Lipinski definition) is 3. The van der Waals surface area contributed by atoms with E-state index in [0.717, 1.165) is 19.2 Å². The van der Waals surface area contributed by atoms with Crippen molar-refractivity contribution in [3.8, 4) is 0 Å². The molecule has 1 saturated heterocycles. The Bertz CT molecular complexity index is 522. The van der Waals surface area contributed by atoms with Crippen LogP contribution in [-0.4, -0.2) is 26.2 Å². The second-order valence-corrected chi connectivity index (χ2v) is 4.57. The summed E-state index contributed by atoms with van der Waals surface area (Å²) in [5.41, 5.74) is -2.23. The van der Waals surface area contributed by atoms with Gasteiger partial charge in [-0.25, -0.2) is 9.18 Å². The standard InChI is InChI=1S/C13H13F4NO2/c1-20-12(19)10-9(13(15,16)17)3-2-8(11(10)14)7-4-5-18-6-7/h2-3,7,18H,4-6H2,1H3. The molecule has 1 aromatic carbocycles. The molecule has 2 rings (SSSR count). The average Bonchev–Trinajstić information content (AvgIpc) is 2.90. The van der Waals surface area contributed by atoms with Crippen LogP contribution in [0.5, 0.6) is 0 Å². The molecule has 0 saturated carbocycles. The largest absolute Gasteiger partial charge is 0.465 e. The Morgan fingerprint density at radius 2 is 2.10 bits per heavy atom. The summed E-state index contributed by atoms with van der Waals surface area (Å²) >= 11 is 0. The molecule has 0 aromatic heterocycles.